The third-order valence-corrected chi connectivity index (χ3v) is 10.4. The van der Waals surface area contributed by atoms with Gasteiger partial charge >= 0.3 is 10.1 Å². The molecule has 0 saturated carbocycles. The quantitative estimate of drug-likeness (QED) is 0.282. The summed E-state index contributed by atoms with van der Waals surface area (Å²) in [5, 5.41) is 0.406. The van der Waals surface area contributed by atoms with Crippen LogP contribution in [-0.2, 0) is 14.4 Å². The van der Waals surface area contributed by atoms with Gasteiger partial charge in [0.05, 0.1) is 16.8 Å². The summed E-state index contributed by atoms with van der Waals surface area (Å²) in [5.74, 6) is 0.926. The Morgan fingerprint density at radius 3 is 2.31 bits per heavy atom. The lowest BCUT2D eigenvalue weighted by molar-refractivity contribution is -1.07. The van der Waals surface area contributed by atoms with Crippen molar-refractivity contribution in [1.29, 1.82) is 0 Å². The van der Waals surface area contributed by atoms with Gasteiger partial charge in [-0.1, -0.05) is 59.7 Å². The molecule has 1 aliphatic rings. The highest BCUT2D eigenvalue weighted by molar-refractivity contribution is 8.03. The molecule has 3 aromatic carbocycles. The van der Waals surface area contributed by atoms with E-state index >= 15 is 0 Å². The minimum absolute atomic E-state index is 0.0243. The first-order valence-electron chi connectivity index (χ1n) is 12.2. The number of quaternary nitrogens is 1. The van der Waals surface area contributed by atoms with Crippen molar-refractivity contribution in [2.75, 3.05) is 33.0 Å². The molecule has 0 bridgehead atoms. The maximum atomic E-state index is 13.3. The monoisotopic (exact) mass is 544 g/mol. The highest BCUT2D eigenvalue weighted by Crippen LogP contribution is 2.44. The lowest BCUT2D eigenvalue weighted by atomic mass is 9.89. The lowest BCUT2D eigenvalue weighted by Gasteiger charge is -2.45. The van der Waals surface area contributed by atoms with Gasteiger partial charge in [-0.25, -0.2) is 0 Å². The standard InChI is InChI=1S/C28H34NO4S3/c1-4-18-32-23-13-11-12-22(19-23)26-20-29(2,33-36(30,31)25-16-9-6-10-17-25)21-27(28(26)34-3)35-24-14-7-5-8-15-24/h5-17,19,26-28H,4,18,20-21H2,1-3H3/q+1. The van der Waals surface area contributed by atoms with Crippen LogP contribution >= 0.6 is 23.5 Å². The van der Waals surface area contributed by atoms with Crippen molar-refractivity contribution in [3.63, 3.8) is 0 Å². The largest absolute Gasteiger partial charge is 0.494 e. The number of piperidine rings is 1. The first-order valence-corrected chi connectivity index (χ1v) is 15.7. The van der Waals surface area contributed by atoms with E-state index in [1.165, 1.54) is 4.90 Å². The Balaban J connectivity index is 1.70. The first-order chi connectivity index (χ1) is 17.3. The number of rotatable bonds is 10. The molecule has 0 amide bonds. The molecule has 192 valence electrons. The van der Waals surface area contributed by atoms with E-state index in [1.54, 1.807) is 42.1 Å². The van der Waals surface area contributed by atoms with E-state index in [1.807, 2.05) is 49.1 Å². The van der Waals surface area contributed by atoms with Gasteiger partial charge in [0.2, 0.25) is 0 Å². The summed E-state index contributed by atoms with van der Waals surface area (Å²) in [5.41, 5.74) is 1.14. The highest BCUT2D eigenvalue weighted by Gasteiger charge is 2.49. The molecule has 1 heterocycles. The van der Waals surface area contributed by atoms with Crippen LogP contribution in [0.1, 0.15) is 24.8 Å². The van der Waals surface area contributed by atoms with Crippen molar-refractivity contribution in [2.45, 2.75) is 39.6 Å². The molecule has 0 spiro atoms. The van der Waals surface area contributed by atoms with Crippen LogP contribution in [0.5, 0.6) is 5.75 Å². The predicted molar refractivity (Wildman–Crippen MR) is 149 cm³/mol. The van der Waals surface area contributed by atoms with Gasteiger partial charge < -0.3 is 4.74 Å². The van der Waals surface area contributed by atoms with E-state index in [0.717, 1.165) is 17.7 Å². The van der Waals surface area contributed by atoms with Crippen molar-refractivity contribution >= 4 is 33.6 Å². The van der Waals surface area contributed by atoms with Crippen LogP contribution in [0.15, 0.2) is 94.7 Å². The summed E-state index contributed by atoms with van der Waals surface area (Å²) in [4.78, 5) is 1.34. The predicted octanol–water partition coefficient (Wildman–Crippen LogP) is 6.23. The summed E-state index contributed by atoms with van der Waals surface area (Å²) < 4.78 is 38.5. The third kappa shape index (κ3) is 6.66. The third-order valence-electron chi connectivity index (χ3n) is 6.28. The molecule has 1 saturated heterocycles. The Bertz CT molecular complexity index is 1220. The summed E-state index contributed by atoms with van der Waals surface area (Å²) in [6, 6.07) is 26.9. The van der Waals surface area contributed by atoms with Crippen molar-refractivity contribution in [1.82, 2.24) is 0 Å². The number of likely N-dealkylation sites (tertiary alicyclic amines) is 1. The summed E-state index contributed by atoms with van der Waals surface area (Å²) >= 11 is 3.63. The number of hydrogen-bond acceptors (Lipinski definition) is 6. The van der Waals surface area contributed by atoms with Gasteiger partial charge in [-0.2, -0.15) is 24.8 Å². The summed E-state index contributed by atoms with van der Waals surface area (Å²) in [6.07, 6.45) is 3.09. The molecule has 3 aromatic rings. The Morgan fingerprint density at radius 1 is 0.944 bits per heavy atom. The molecular weight excluding hydrogens is 511 g/mol. The molecule has 8 heteroatoms. The molecular formula is C28H34NO4S3+. The van der Waals surface area contributed by atoms with Gasteiger partial charge in [0.15, 0.2) is 0 Å². The molecule has 4 atom stereocenters. The molecule has 1 aliphatic heterocycles. The Hall–Kier alpha value is -1.97. The van der Waals surface area contributed by atoms with Gasteiger partial charge in [-0.15, -0.1) is 11.8 Å². The molecule has 4 unspecified atom stereocenters. The van der Waals surface area contributed by atoms with Gasteiger partial charge in [-0.05, 0) is 54.6 Å². The molecule has 0 aliphatic carbocycles. The molecule has 5 nitrogen and oxygen atoms in total. The second-order valence-electron chi connectivity index (χ2n) is 9.20. The normalized spacial score (nSPS) is 24.4. The number of ether oxygens (including phenoxy) is 1. The molecule has 4 rings (SSSR count). The van der Waals surface area contributed by atoms with Crippen molar-refractivity contribution in [2.24, 2.45) is 0 Å². The Morgan fingerprint density at radius 2 is 1.64 bits per heavy atom. The Labute approximate surface area is 223 Å². The van der Waals surface area contributed by atoms with Crippen molar-refractivity contribution in [3.05, 3.63) is 90.5 Å². The zero-order valence-electron chi connectivity index (χ0n) is 20.9. The maximum Gasteiger partial charge on any atom is 0.342 e. The van der Waals surface area contributed by atoms with Gasteiger partial charge in [0.25, 0.3) is 0 Å². The molecule has 1 fully saturated rings. The number of benzene rings is 3. The van der Waals surface area contributed by atoms with E-state index in [-0.39, 0.29) is 26.0 Å². The topological polar surface area (TPSA) is 52.6 Å². The maximum absolute atomic E-state index is 13.3. The van der Waals surface area contributed by atoms with E-state index in [0.29, 0.717) is 19.7 Å². The number of thioether (sulfide) groups is 2. The fourth-order valence-electron chi connectivity index (χ4n) is 4.71. The van der Waals surface area contributed by atoms with Crippen molar-refractivity contribution in [3.8, 4) is 5.75 Å². The van der Waals surface area contributed by atoms with E-state index in [2.05, 4.69) is 37.4 Å². The lowest BCUT2D eigenvalue weighted by Crippen LogP contribution is -2.59. The fraction of sp³-hybridized carbons (Fsp3) is 0.357. The average Bonchev–Trinajstić information content (AvgIpc) is 2.88. The van der Waals surface area contributed by atoms with Crippen molar-refractivity contribution < 1.29 is 22.1 Å². The molecule has 36 heavy (non-hydrogen) atoms. The van der Waals surface area contributed by atoms with E-state index < -0.39 is 10.1 Å². The minimum atomic E-state index is -3.93. The number of hydroxylamine groups is 3. The SMILES string of the molecule is CCCOc1cccc(C2C[N+](C)(OS(=O)(=O)c3ccccc3)CC(Sc3ccccc3)C2SC)c1. The van der Waals surface area contributed by atoms with Crippen LogP contribution in [0.25, 0.3) is 0 Å². The average molecular weight is 545 g/mol. The minimum Gasteiger partial charge on any atom is -0.494 e. The van der Waals surface area contributed by atoms with Crippen LogP contribution in [0, 0.1) is 0 Å². The zero-order valence-corrected chi connectivity index (χ0v) is 23.4. The van der Waals surface area contributed by atoms with Crippen LogP contribution in [-0.4, -0.2) is 56.6 Å². The smallest absolute Gasteiger partial charge is 0.342 e. The summed E-state index contributed by atoms with van der Waals surface area (Å²) in [6.45, 7) is 3.87. The molecule has 0 radical (unpaired) electrons. The second-order valence-corrected chi connectivity index (χ2v) is 13.1. The zero-order chi connectivity index (χ0) is 25.6. The van der Waals surface area contributed by atoms with Gasteiger partial charge in [0, 0.05) is 16.1 Å². The van der Waals surface area contributed by atoms with Crippen LogP contribution in [0.2, 0.25) is 0 Å². The van der Waals surface area contributed by atoms with Crippen LogP contribution < -0.4 is 4.74 Å². The highest BCUT2D eigenvalue weighted by atomic mass is 32.2. The van der Waals surface area contributed by atoms with E-state index in [4.69, 9.17) is 9.02 Å². The number of nitrogens with zero attached hydrogens (tertiary/aromatic N) is 1. The van der Waals surface area contributed by atoms with Gasteiger partial charge in [0.1, 0.15) is 25.9 Å². The van der Waals surface area contributed by atoms with E-state index in [9.17, 15) is 8.42 Å². The summed E-state index contributed by atoms with van der Waals surface area (Å²) in [7, 11) is -2.04. The van der Waals surface area contributed by atoms with Gasteiger partial charge in [-0.3, -0.25) is 0 Å². The number of likely N-dealkylation sites (N-methyl/N-ethyl adjacent to an activating group) is 1. The first kappa shape index (κ1) is 27.1. The number of hydrogen-bond donors (Lipinski definition) is 0. The second kappa shape index (κ2) is 12.0. The fourth-order valence-corrected chi connectivity index (χ4v) is 8.72. The molecule has 0 aromatic heterocycles. The molecule has 0 N–H and O–H groups in total. The van der Waals surface area contributed by atoms with Crippen LogP contribution in [0.3, 0.4) is 0 Å². The Kier molecular flexibility index (Phi) is 9.06. The van der Waals surface area contributed by atoms with Crippen LogP contribution in [0.4, 0.5) is 0 Å².